The first-order chi connectivity index (χ1) is 6.80. The summed E-state index contributed by atoms with van der Waals surface area (Å²) in [6, 6.07) is 7.68. The van der Waals surface area contributed by atoms with Crippen LogP contribution in [0.25, 0.3) is 0 Å². The highest BCUT2D eigenvalue weighted by Gasteiger charge is 2.38. The van der Waals surface area contributed by atoms with Gasteiger partial charge in [-0.05, 0) is 12.0 Å². The van der Waals surface area contributed by atoms with Crippen LogP contribution in [-0.2, 0) is 10.3 Å². The van der Waals surface area contributed by atoms with Crippen molar-refractivity contribution in [2.75, 3.05) is 6.61 Å². The second-order valence-electron chi connectivity index (χ2n) is 3.69. The minimum Gasteiger partial charge on any atom is -0.370 e. The molecule has 2 heteroatoms. The maximum absolute atomic E-state index is 10.5. The molecule has 0 saturated carbocycles. The molecular formula is C12H14O2. The van der Waals surface area contributed by atoms with Crippen LogP contribution in [0.3, 0.4) is 0 Å². The Kier molecular flexibility index (Phi) is 2.38. The van der Waals surface area contributed by atoms with Crippen LogP contribution < -0.4 is 0 Å². The van der Waals surface area contributed by atoms with Crippen molar-refractivity contribution in [3.63, 3.8) is 0 Å². The number of carbonyl (C=O) groups is 1. The summed E-state index contributed by atoms with van der Waals surface area (Å²) in [7, 11) is 0. The number of benzene rings is 1. The average molecular weight is 190 g/mol. The quantitative estimate of drug-likeness (QED) is 0.684. The van der Waals surface area contributed by atoms with Gasteiger partial charge in [0.15, 0.2) is 0 Å². The Morgan fingerprint density at radius 2 is 2.07 bits per heavy atom. The molecule has 1 heterocycles. The van der Waals surface area contributed by atoms with Gasteiger partial charge in [0, 0.05) is 12.0 Å². The van der Waals surface area contributed by atoms with Gasteiger partial charge >= 0.3 is 0 Å². The highest BCUT2D eigenvalue weighted by molar-refractivity contribution is 5.74. The van der Waals surface area contributed by atoms with Gasteiger partial charge in [0.2, 0.25) is 0 Å². The molecule has 1 aliphatic heterocycles. The maximum atomic E-state index is 10.5. The zero-order valence-corrected chi connectivity index (χ0v) is 8.32. The third-order valence-electron chi connectivity index (χ3n) is 3.03. The average Bonchev–Trinajstić information content (AvgIpc) is 2.18. The van der Waals surface area contributed by atoms with Crippen LogP contribution in [0.5, 0.6) is 0 Å². The van der Waals surface area contributed by atoms with E-state index in [1.54, 1.807) is 0 Å². The van der Waals surface area contributed by atoms with Crippen molar-refractivity contribution in [2.45, 2.75) is 25.4 Å². The van der Waals surface area contributed by atoms with Crippen LogP contribution in [0, 0.1) is 0 Å². The minimum atomic E-state index is -0.0680. The van der Waals surface area contributed by atoms with E-state index in [1.807, 2.05) is 24.3 Å². The first-order valence-electron chi connectivity index (χ1n) is 5.00. The Bertz CT molecular complexity index is 317. The Labute approximate surface area is 83.9 Å². The van der Waals surface area contributed by atoms with Crippen LogP contribution in [0.2, 0.25) is 0 Å². The normalized spacial score (nSPS) is 25.5. The van der Waals surface area contributed by atoms with Crippen molar-refractivity contribution < 1.29 is 9.53 Å². The molecule has 0 aromatic heterocycles. The third-order valence-corrected chi connectivity index (χ3v) is 3.03. The van der Waals surface area contributed by atoms with Crippen molar-refractivity contribution in [2.24, 2.45) is 0 Å². The van der Waals surface area contributed by atoms with Crippen LogP contribution in [0.1, 0.15) is 35.7 Å². The minimum absolute atomic E-state index is 0.0680. The molecule has 0 radical (unpaired) electrons. The van der Waals surface area contributed by atoms with Crippen LogP contribution in [-0.4, -0.2) is 12.9 Å². The van der Waals surface area contributed by atoms with Crippen molar-refractivity contribution >= 4 is 6.29 Å². The number of aldehydes is 1. The molecule has 0 bridgehead atoms. The SMILES string of the molecule is CCC1(c2ccc(C=O)cc2)CCO1. The van der Waals surface area contributed by atoms with E-state index in [9.17, 15) is 4.79 Å². The molecule has 1 fully saturated rings. The summed E-state index contributed by atoms with van der Waals surface area (Å²) in [5.41, 5.74) is 1.85. The first-order valence-corrected chi connectivity index (χ1v) is 5.00. The Balaban J connectivity index is 2.27. The molecule has 1 atom stereocenters. The Morgan fingerprint density at radius 3 is 2.43 bits per heavy atom. The van der Waals surface area contributed by atoms with Crippen molar-refractivity contribution in [1.29, 1.82) is 0 Å². The summed E-state index contributed by atoms with van der Waals surface area (Å²) in [6.07, 6.45) is 2.95. The van der Waals surface area contributed by atoms with Gasteiger partial charge in [-0.25, -0.2) is 0 Å². The molecule has 0 N–H and O–H groups in total. The lowest BCUT2D eigenvalue weighted by Crippen LogP contribution is -2.40. The van der Waals surface area contributed by atoms with E-state index >= 15 is 0 Å². The zero-order chi connectivity index (χ0) is 10.0. The summed E-state index contributed by atoms with van der Waals surface area (Å²) < 4.78 is 5.64. The topological polar surface area (TPSA) is 26.3 Å². The number of carbonyl (C=O) groups excluding carboxylic acids is 1. The monoisotopic (exact) mass is 190 g/mol. The van der Waals surface area contributed by atoms with Gasteiger partial charge in [-0.2, -0.15) is 0 Å². The van der Waals surface area contributed by atoms with Crippen LogP contribution in [0.15, 0.2) is 24.3 Å². The molecule has 2 nitrogen and oxygen atoms in total. The van der Waals surface area contributed by atoms with Crippen molar-refractivity contribution in [3.8, 4) is 0 Å². The van der Waals surface area contributed by atoms with Crippen LogP contribution in [0.4, 0.5) is 0 Å². The molecule has 1 saturated heterocycles. The molecule has 1 aliphatic rings. The fraction of sp³-hybridized carbons (Fsp3) is 0.417. The highest BCUT2D eigenvalue weighted by atomic mass is 16.5. The van der Waals surface area contributed by atoms with Crippen molar-refractivity contribution in [3.05, 3.63) is 35.4 Å². The van der Waals surface area contributed by atoms with Crippen molar-refractivity contribution in [1.82, 2.24) is 0 Å². The second-order valence-corrected chi connectivity index (χ2v) is 3.69. The lowest BCUT2D eigenvalue weighted by atomic mass is 9.84. The lowest BCUT2D eigenvalue weighted by Gasteiger charge is -2.41. The van der Waals surface area contributed by atoms with E-state index in [0.717, 1.165) is 31.3 Å². The maximum Gasteiger partial charge on any atom is 0.150 e. The highest BCUT2D eigenvalue weighted by Crippen LogP contribution is 2.40. The largest absolute Gasteiger partial charge is 0.370 e. The van der Waals surface area contributed by atoms with E-state index in [1.165, 1.54) is 5.56 Å². The molecular weight excluding hydrogens is 176 g/mol. The van der Waals surface area contributed by atoms with Gasteiger partial charge < -0.3 is 4.74 Å². The summed E-state index contributed by atoms with van der Waals surface area (Å²) >= 11 is 0. The summed E-state index contributed by atoms with van der Waals surface area (Å²) in [5.74, 6) is 0. The number of ether oxygens (including phenoxy) is 1. The summed E-state index contributed by atoms with van der Waals surface area (Å²) in [6.45, 7) is 2.98. The van der Waals surface area contributed by atoms with Gasteiger partial charge in [-0.3, -0.25) is 4.79 Å². The third kappa shape index (κ3) is 1.36. The van der Waals surface area contributed by atoms with Gasteiger partial charge in [0.25, 0.3) is 0 Å². The van der Waals surface area contributed by atoms with E-state index in [0.29, 0.717) is 0 Å². The summed E-state index contributed by atoms with van der Waals surface area (Å²) in [5, 5.41) is 0. The molecule has 1 unspecified atom stereocenters. The van der Waals surface area contributed by atoms with Gasteiger partial charge in [0.1, 0.15) is 6.29 Å². The summed E-state index contributed by atoms with van der Waals surface area (Å²) in [4.78, 5) is 10.5. The molecule has 0 amide bonds. The molecule has 1 aromatic carbocycles. The van der Waals surface area contributed by atoms with Crippen LogP contribution >= 0.6 is 0 Å². The Morgan fingerprint density at radius 1 is 1.43 bits per heavy atom. The smallest absolute Gasteiger partial charge is 0.150 e. The van der Waals surface area contributed by atoms with Gasteiger partial charge in [0.05, 0.1) is 12.2 Å². The van der Waals surface area contributed by atoms with E-state index in [-0.39, 0.29) is 5.60 Å². The predicted molar refractivity (Wildman–Crippen MR) is 54.4 cm³/mol. The standard InChI is InChI=1S/C12H14O2/c1-2-12(7-8-14-12)11-5-3-10(9-13)4-6-11/h3-6,9H,2,7-8H2,1H3. The molecule has 14 heavy (non-hydrogen) atoms. The van der Waals surface area contributed by atoms with E-state index in [2.05, 4.69) is 6.92 Å². The Hall–Kier alpha value is -1.15. The zero-order valence-electron chi connectivity index (χ0n) is 8.32. The lowest BCUT2D eigenvalue weighted by molar-refractivity contribution is -0.156. The predicted octanol–water partition coefficient (Wildman–Crippen LogP) is 2.52. The van der Waals surface area contributed by atoms with Gasteiger partial charge in [-0.1, -0.05) is 31.2 Å². The number of rotatable bonds is 3. The molecule has 2 rings (SSSR count). The molecule has 0 aliphatic carbocycles. The second kappa shape index (κ2) is 3.54. The van der Waals surface area contributed by atoms with E-state index in [4.69, 9.17) is 4.74 Å². The van der Waals surface area contributed by atoms with E-state index < -0.39 is 0 Å². The first kappa shape index (κ1) is 9.41. The molecule has 1 aromatic rings. The fourth-order valence-electron chi connectivity index (χ4n) is 1.92. The molecule has 0 spiro atoms. The number of hydrogen-bond acceptors (Lipinski definition) is 2. The number of hydrogen-bond donors (Lipinski definition) is 0. The fourth-order valence-corrected chi connectivity index (χ4v) is 1.92. The molecule has 74 valence electrons. The van der Waals surface area contributed by atoms with Gasteiger partial charge in [-0.15, -0.1) is 0 Å².